The number of carbonyl (C=O) groups is 1. The van der Waals surface area contributed by atoms with Crippen molar-refractivity contribution in [1.29, 1.82) is 0 Å². The first-order chi connectivity index (χ1) is 11.3. The smallest absolute Gasteiger partial charge is 0.159 e. The van der Waals surface area contributed by atoms with Crippen molar-refractivity contribution >= 4 is 22.1 Å². The molecule has 0 radical (unpaired) electrons. The summed E-state index contributed by atoms with van der Waals surface area (Å²) in [5.41, 5.74) is 3.60. The van der Waals surface area contributed by atoms with E-state index in [1.165, 1.54) is 27.5 Å². The van der Waals surface area contributed by atoms with E-state index in [2.05, 4.69) is 54.6 Å². The Kier molecular flexibility index (Phi) is 3.55. The molecule has 0 saturated heterocycles. The first kappa shape index (κ1) is 14.0. The predicted molar refractivity (Wildman–Crippen MR) is 95.2 cm³/mol. The van der Waals surface area contributed by atoms with E-state index in [1.807, 2.05) is 24.3 Å². The summed E-state index contributed by atoms with van der Waals surface area (Å²) < 4.78 is 0. The van der Waals surface area contributed by atoms with E-state index in [-0.39, 0.29) is 11.7 Å². The summed E-state index contributed by atoms with van der Waals surface area (Å²) in [5, 5.41) is 2.50. The molecule has 0 amide bonds. The van der Waals surface area contributed by atoms with Crippen molar-refractivity contribution in [3.63, 3.8) is 0 Å². The third-order valence-electron chi connectivity index (χ3n) is 4.68. The highest BCUT2D eigenvalue weighted by atomic mass is 16.1. The van der Waals surface area contributed by atoms with E-state index in [0.29, 0.717) is 0 Å². The van der Waals surface area contributed by atoms with Gasteiger partial charge < -0.3 is 0 Å². The summed E-state index contributed by atoms with van der Waals surface area (Å²) in [7, 11) is 0. The van der Waals surface area contributed by atoms with Crippen LogP contribution in [0.4, 0.5) is 0 Å². The number of rotatable bonds is 3. The molecule has 1 aliphatic carbocycles. The third kappa shape index (κ3) is 2.70. The van der Waals surface area contributed by atoms with Crippen molar-refractivity contribution in [2.45, 2.75) is 12.8 Å². The molecule has 0 heterocycles. The molecule has 0 spiro atoms. The van der Waals surface area contributed by atoms with Crippen LogP contribution in [0.5, 0.6) is 0 Å². The molecule has 0 N–H and O–H groups in total. The summed E-state index contributed by atoms with van der Waals surface area (Å²) in [6, 6.07) is 25.0. The van der Waals surface area contributed by atoms with Crippen molar-refractivity contribution in [1.82, 2.24) is 0 Å². The van der Waals surface area contributed by atoms with Gasteiger partial charge in [-0.2, -0.15) is 0 Å². The van der Waals surface area contributed by atoms with Gasteiger partial charge in [0.25, 0.3) is 0 Å². The molecule has 0 saturated carbocycles. The SMILES string of the molecule is O=C1C=C(c2ccccc2)CC1Cc1cccc2ccccc12. The molecule has 1 aliphatic rings. The number of hydrogen-bond donors (Lipinski definition) is 0. The highest BCUT2D eigenvalue weighted by molar-refractivity contribution is 6.03. The minimum Gasteiger partial charge on any atom is -0.295 e. The van der Waals surface area contributed by atoms with Crippen LogP contribution in [-0.4, -0.2) is 5.78 Å². The highest BCUT2D eigenvalue weighted by Crippen LogP contribution is 2.33. The Morgan fingerprint density at radius 2 is 1.57 bits per heavy atom. The van der Waals surface area contributed by atoms with Gasteiger partial charge in [-0.25, -0.2) is 0 Å². The topological polar surface area (TPSA) is 17.1 Å². The van der Waals surface area contributed by atoms with E-state index in [9.17, 15) is 4.79 Å². The minimum atomic E-state index is 0.0658. The van der Waals surface area contributed by atoms with E-state index >= 15 is 0 Å². The number of benzene rings is 3. The second-order valence-corrected chi connectivity index (χ2v) is 6.18. The van der Waals surface area contributed by atoms with Crippen LogP contribution in [0.15, 0.2) is 78.9 Å². The van der Waals surface area contributed by atoms with Gasteiger partial charge >= 0.3 is 0 Å². The zero-order valence-corrected chi connectivity index (χ0v) is 12.9. The molecule has 4 rings (SSSR count). The normalized spacial score (nSPS) is 17.5. The summed E-state index contributed by atoms with van der Waals surface area (Å²) in [6.45, 7) is 0. The van der Waals surface area contributed by atoms with Gasteiger partial charge in [0, 0.05) is 5.92 Å². The Balaban J connectivity index is 1.60. The number of allylic oxidation sites excluding steroid dienone is 2. The lowest BCUT2D eigenvalue weighted by atomic mass is 9.91. The van der Waals surface area contributed by atoms with E-state index < -0.39 is 0 Å². The van der Waals surface area contributed by atoms with Gasteiger partial charge in [0.1, 0.15) is 0 Å². The fourth-order valence-corrected chi connectivity index (χ4v) is 3.48. The molecule has 1 heteroatoms. The summed E-state index contributed by atoms with van der Waals surface area (Å²) in [5.74, 6) is 0.327. The fourth-order valence-electron chi connectivity index (χ4n) is 3.48. The zero-order chi connectivity index (χ0) is 15.6. The molecule has 23 heavy (non-hydrogen) atoms. The average Bonchev–Trinajstić information content (AvgIpc) is 2.97. The molecule has 112 valence electrons. The molecule has 1 unspecified atom stereocenters. The van der Waals surface area contributed by atoms with Gasteiger partial charge in [-0.1, -0.05) is 72.8 Å². The highest BCUT2D eigenvalue weighted by Gasteiger charge is 2.26. The van der Waals surface area contributed by atoms with Crippen LogP contribution >= 0.6 is 0 Å². The molecule has 1 atom stereocenters. The van der Waals surface area contributed by atoms with Crippen molar-refractivity contribution in [3.05, 3.63) is 90.0 Å². The molecular formula is C22H18O. The number of carbonyl (C=O) groups excluding carboxylic acids is 1. The largest absolute Gasteiger partial charge is 0.295 e. The lowest BCUT2D eigenvalue weighted by molar-refractivity contribution is -0.117. The van der Waals surface area contributed by atoms with Crippen molar-refractivity contribution in [2.24, 2.45) is 5.92 Å². The molecular weight excluding hydrogens is 280 g/mol. The molecule has 0 aliphatic heterocycles. The van der Waals surface area contributed by atoms with Gasteiger partial charge in [-0.3, -0.25) is 4.79 Å². The van der Waals surface area contributed by atoms with Crippen molar-refractivity contribution in [3.8, 4) is 0 Å². The number of ketones is 1. The number of fused-ring (bicyclic) bond motifs is 1. The van der Waals surface area contributed by atoms with E-state index in [4.69, 9.17) is 0 Å². The number of hydrogen-bond acceptors (Lipinski definition) is 1. The van der Waals surface area contributed by atoms with Crippen LogP contribution in [0.25, 0.3) is 16.3 Å². The maximum absolute atomic E-state index is 12.4. The Bertz CT molecular complexity index is 885. The van der Waals surface area contributed by atoms with E-state index in [0.717, 1.165) is 12.8 Å². The maximum atomic E-state index is 12.4. The van der Waals surface area contributed by atoms with Crippen LogP contribution in [0.1, 0.15) is 17.5 Å². The van der Waals surface area contributed by atoms with Crippen LogP contribution in [-0.2, 0) is 11.2 Å². The first-order valence-corrected chi connectivity index (χ1v) is 8.08. The Labute approximate surface area is 136 Å². The maximum Gasteiger partial charge on any atom is 0.159 e. The van der Waals surface area contributed by atoms with Crippen LogP contribution in [0.2, 0.25) is 0 Å². The van der Waals surface area contributed by atoms with Crippen LogP contribution in [0, 0.1) is 5.92 Å². The Hall–Kier alpha value is -2.67. The average molecular weight is 298 g/mol. The van der Waals surface area contributed by atoms with Crippen molar-refractivity contribution < 1.29 is 4.79 Å². The van der Waals surface area contributed by atoms with Crippen LogP contribution in [0.3, 0.4) is 0 Å². The summed E-state index contributed by atoms with van der Waals surface area (Å²) in [6.07, 6.45) is 3.49. The third-order valence-corrected chi connectivity index (χ3v) is 4.68. The van der Waals surface area contributed by atoms with Crippen molar-refractivity contribution in [2.75, 3.05) is 0 Å². The molecule has 0 fully saturated rings. The molecule has 3 aromatic carbocycles. The van der Waals surface area contributed by atoms with Gasteiger partial charge in [0.05, 0.1) is 0 Å². The monoisotopic (exact) mass is 298 g/mol. The van der Waals surface area contributed by atoms with Gasteiger partial charge in [0.15, 0.2) is 5.78 Å². The van der Waals surface area contributed by atoms with Gasteiger partial charge in [-0.15, -0.1) is 0 Å². The second kappa shape index (κ2) is 5.85. The second-order valence-electron chi connectivity index (χ2n) is 6.18. The predicted octanol–water partition coefficient (Wildman–Crippen LogP) is 5.05. The molecule has 3 aromatic rings. The Morgan fingerprint density at radius 1 is 0.826 bits per heavy atom. The fraction of sp³-hybridized carbons (Fsp3) is 0.136. The van der Waals surface area contributed by atoms with E-state index in [1.54, 1.807) is 0 Å². The zero-order valence-electron chi connectivity index (χ0n) is 12.9. The minimum absolute atomic E-state index is 0.0658. The van der Waals surface area contributed by atoms with Crippen LogP contribution < -0.4 is 0 Å². The lowest BCUT2D eigenvalue weighted by Crippen LogP contribution is -2.10. The molecule has 0 bridgehead atoms. The first-order valence-electron chi connectivity index (χ1n) is 8.08. The Morgan fingerprint density at radius 3 is 2.43 bits per heavy atom. The molecule has 1 nitrogen and oxygen atoms in total. The van der Waals surface area contributed by atoms with Gasteiger partial charge in [0.2, 0.25) is 0 Å². The summed E-state index contributed by atoms with van der Waals surface area (Å²) >= 11 is 0. The van der Waals surface area contributed by atoms with Gasteiger partial charge in [-0.05, 0) is 46.4 Å². The standard InChI is InChI=1S/C22H18O/c23-22-15-19(16-7-2-1-3-8-16)14-20(22)13-18-11-6-10-17-9-4-5-12-21(17)18/h1-12,15,20H,13-14H2. The molecule has 0 aromatic heterocycles. The lowest BCUT2D eigenvalue weighted by Gasteiger charge is -2.12. The summed E-state index contributed by atoms with van der Waals surface area (Å²) in [4.78, 5) is 12.4. The quantitative estimate of drug-likeness (QED) is 0.661.